The van der Waals surface area contributed by atoms with Crippen LogP contribution in [0.25, 0.3) is 11.1 Å². The van der Waals surface area contributed by atoms with Crippen molar-refractivity contribution in [2.75, 3.05) is 0 Å². The zero-order valence-corrected chi connectivity index (χ0v) is 15.7. The van der Waals surface area contributed by atoms with Gasteiger partial charge in [0.1, 0.15) is 11.5 Å². The average molecular weight is 522 g/mol. The third kappa shape index (κ3) is 4.06. The van der Waals surface area contributed by atoms with Gasteiger partial charge in [0.15, 0.2) is 0 Å². The fourth-order valence-corrected chi connectivity index (χ4v) is 2.75. The Hall–Kier alpha value is -2.94. The van der Waals surface area contributed by atoms with E-state index in [9.17, 15) is 71.7 Å². The first-order chi connectivity index (χ1) is 15.0. The summed E-state index contributed by atoms with van der Waals surface area (Å²) in [6.45, 7) is 0. The van der Waals surface area contributed by atoms with Crippen LogP contribution in [0.15, 0.2) is 36.4 Å². The summed E-state index contributed by atoms with van der Waals surface area (Å²) in [5, 5.41) is 18.6. The van der Waals surface area contributed by atoms with Gasteiger partial charge in [0.05, 0.1) is 0 Å². The van der Waals surface area contributed by atoms with Gasteiger partial charge in [-0.3, -0.25) is 0 Å². The van der Waals surface area contributed by atoms with Gasteiger partial charge >= 0.3 is 36.0 Å². The highest BCUT2D eigenvalue weighted by molar-refractivity contribution is 5.74. The maximum absolute atomic E-state index is 14.3. The summed E-state index contributed by atoms with van der Waals surface area (Å²) in [7, 11) is 0. The van der Waals surface area contributed by atoms with Crippen LogP contribution in [0.2, 0.25) is 0 Å². The lowest BCUT2D eigenvalue weighted by atomic mass is 9.86. The summed E-state index contributed by atoms with van der Waals surface area (Å²) < 4.78 is 187. The van der Waals surface area contributed by atoms with Crippen LogP contribution in [0.1, 0.15) is 11.1 Å². The smallest absolute Gasteiger partial charge is 0.460 e. The van der Waals surface area contributed by atoms with E-state index in [1.54, 1.807) is 0 Å². The molecular weight excluding hydrogens is 514 g/mol. The topological polar surface area (TPSA) is 40.5 Å². The number of phenols is 2. The van der Waals surface area contributed by atoms with Crippen molar-refractivity contribution in [1.29, 1.82) is 0 Å². The molecule has 2 N–H and O–H groups in total. The summed E-state index contributed by atoms with van der Waals surface area (Å²) in [6.07, 6.45) is -13.9. The minimum absolute atomic E-state index is 0.0166. The van der Waals surface area contributed by atoms with Crippen LogP contribution in [0.5, 0.6) is 11.5 Å². The van der Waals surface area contributed by atoms with E-state index < -0.39 is 81.9 Å². The number of alkyl halides is 14. The molecule has 0 aromatic heterocycles. The lowest BCUT2D eigenvalue weighted by molar-refractivity contribution is -0.360. The van der Waals surface area contributed by atoms with Gasteiger partial charge in [0, 0.05) is 11.1 Å². The summed E-state index contributed by atoms with van der Waals surface area (Å²) in [6, 6.07) is -0.294. The van der Waals surface area contributed by atoms with Gasteiger partial charge < -0.3 is 10.2 Å². The fourth-order valence-electron chi connectivity index (χ4n) is 2.75. The maximum Gasteiger partial charge on any atom is 0.460 e. The molecule has 0 spiro atoms. The van der Waals surface area contributed by atoms with E-state index in [1.807, 2.05) is 0 Å². The van der Waals surface area contributed by atoms with Crippen molar-refractivity contribution in [3.8, 4) is 22.6 Å². The third-order valence-corrected chi connectivity index (χ3v) is 4.47. The highest BCUT2D eigenvalue weighted by Crippen LogP contribution is 2.57. The van der Waals surface area contributed by atoms with E-state index >= 15 is 0 Å². The molecule has 0 aliphatic rings. The Kier molecular flexibility index (Phi) is 6.26. The second-order valence-electron chi connectivity index (χ2n) is 6.75. The van der Waals surface area contributed by atoms with Crippen LogP contribution in [0.4, 0.5) is 61.5 Å². The molecule has 0 fully saturated rings. The molecule has 0 saturated carbocycles. The van der Waals surface area contributed by atoms with Gasteiger partial charge in [0.25, 0.3) is 0 Å². The molecule has 2 rings (SSSR count). The average Bonchev–Trinajstić information content (AvgIpc) is 2.66. The lowest BCUT2D eigenvalue weighted by Gasteiger charge is -2.32. The molecule has 2 aromatic carbocycles. The first-order valence-electron chi connectivity index (χ1n) is 8.32. The molecule has 2 aromatic rings. The summed E-state index contributed by atoms with van der Waals surface area (Å²) >= 11 is 0. The molecule has 0 aliphatic carbocycles. The van der Waals surface area contributed by atoms with E-state index in [-0.39, 0.29) is 24.3 Å². The molecular formula is C18H8F14O2. The molecule has 16 heteroatoms. The van der Waals surface area contributed by atoms with Crippen molar-refractivity contribution >= 4 is 0 Å². The second-order valence-corrected chi connectivity index (χ2v) is 6.75. The second kappa shape index (κ2) is 7.80. The molecule has 0 aliphatic heterocycles. The predicted octanol–water partition coefficient (Wildman–Crippen LogP) is 7.34. The van der Waals surface area contributed by atoms with Gasteiger partial charge in [-0.25, -0.2) is 0 Å². The van der Waals surface area contributed by atoms with E-state index in [1.165, 1.54) is 0 Å². The first kappa shape index (κ1) is 27.3. The van der Waals surface area contributed by atoms with Crippen LogP contribution in [-0.2, 0) is 11.8 Å². The molecule has 190 valence electrons. The first-order valence-corrected chi connectivity index (χ1v) is 8.32. The van der Waals surface area contributed by atoms with Crippen LogP contribution in [0, 0.1) is 0 Å². The van der Waals surface area contributed by atoms with E-state index in [0.29, 0.717) is 0 Å². The molecule has 0 heterocycles. The molecule has 0 atom stereocenters. The number of phenolic OH excluding ortho intramolecular Hbond substituents is 2. The molecule has 2 nitrogen and oxygen atoms in total. The van der Waals surface area contributed by atoms with Crippen molar-refractivity contribution in [3.63, 3.8) is 0 Å². The van der Waals surface area contributed by atoms with Crippen molar-refractivity contribution in [2.24, 2.45) is 0 Å². The zero-order valence-electron chi connectivity index (χ0n) is 15.7. The lowest BCUT2D eigenvalue weighted by Crippen LogP contribution is -2.50. The summed E-state index contributed by atoms with van der Waals surface area (Å²) in [4.78, 5) is 0. The van der Waals surface area contributed by atoms with E-state index in [4.69, 9.17) is 0 Å². The Balaban J connectivity index is 2.95. The highest BCUT2D eigenvalue weighted by atomic mass is 19.4. The van der Waals surface area contributed by atoms with Crippen molar-refractivity contribution in [3.05, 3.63) is 47.5 Å². The Bertz CT molecular complexity index is 984. The molecule has 0 saturated heterocycles. The Morgan fingerprint density at radius 2 is 0.706 bits per heavy atom. The Morgan fingerprint density at radius 3 is 0.941 bits per heavy atom. The van der Waals surface area contributed by atoms with Gasteiger partial charge in [0.2, 0.25) is 0 Å². The number of hydrogen-bond acceptors (Lipinski definition) is 2. The van der Waals surface area contributed by atoms with Crippen LogP contribution in [0.3, 0.4) is 0 Å². The SMILES string of the molecule is Oc1ccc(-c2ccc(O)cc2C(F)(F)C(F)(F)C(F)(F)F)c(C(F)(F)C(F)(F)C(F)(F)F)c1. The van der Waals surface area contributed by atoms with Crippen LogP contribution < -0.4 is 0 Å². The van der Waals surface area contributed by atoms with E-state index in [2.05, 4.69) is 0 Å². The quantitative estimate of drug-likeness (QED) is 0.404. The largest absolute Gasteiger partial charge is 0.508 e. The minimum Gasteiger partial charge on any atom is -0.508 e. The van der Waals surface area contributed by atoms with Crippen LogP contribution in [-0.4, -0.2) is 34.4 Å². The molecule has 34 heavy (non-hydrogen) atoms. The van der Waals surface area contributed by atoms with Crippen LogP contribution >= 0.6 is 0 Å². The van der Waals surface area contributed by atoms with Gasteiger partial charge in [-0.05, 0) is 35.4 Å². The molecule has 0 bridgehead atoms. The number of aromatic hydroxyl groups is 2. The van der Waals surface area contributed by atoms with E-state index in [0.717, 1.165) is 0 Å². The summed E-state index contributed by atoms with van der Waals surface area (Å²) in [5.41, 5.74) is -8.65. The summed E-state index contributed by atoms with van der Waals surface area (Å²) in [5.74, 6) is -29.4. The normalized spacial score (nSPS) is 14.4. The highest BCUT2D eigenvalue weighted by Gasteiger charge is 2.75. The number of halogens is 14. The zero-order chi connectivity index (χ0) is 26.7. The van der Waals surface area contributed by atoms with Crippen molar-refractivity contribution in [1.82, 2.24) is 0 Å². The monoisotopic (exact) mass is 522 g/mol. The Labute approximate surface area is 179 Å². The number of benzene rings is 2. The third-order valence-electron chi connectivity index (χ3n) is 4.47. The van der Waals surface area contributed by atoms with Crippen molar-refractivity contribution < 1.29 is 71.7 Å². The predicted molar refractivity (Wildman–Crippen MR) is 85.0 cm³/mol. The van der Waals surface area contributed by atoms with Gasteiger partial charge in [-0.1, -0.05) is 12.1 Å². The van der Waals surface area contributed by atoms with Gasteiger partial charge in [-0.15, -0.1) is 0 Å². The fraction of sp³-hybridized carbons (Fsp3) is 0.333. The maximum atomic E-state index is 14.3. The molecule has 0 amide bonds. The number of rotatable bonds is 5. The standard InChI is InChI=1S/C18H8F14O2/c19-13(20,15(23,24)17(27,28)29)11-5-7(33)1-3-9(11)10-4-2-8(34)6-12(10)14(21,22)16(25,26)18(30,31)32/h1-6,33-34H. The Morgan fingerprint density at radius 1 is 0.441 bits per heavy atom. The molecule has 0 unspecified atom stereocenters. The molecule has 0 radical (unpaired) electrons. The van der Waals surface area contributed by atoms with Gasteiger partial charge in [-0.2, -0.15) is 61.5 Å². The number of hydrogen-bond donors (Lipinski definition) is 2. The van der Waals surface area contributed by atoms with Crippen molar-refractivity contribution in [2.45, 2.75) is 36.0 Å². The minimum atomic E-state index is -6.95.